The average molecular weight is 422 g/mol. The molecule has 9 heteroatoms. The highest BCUT2D eigenvalue weighted by Gasteiger charge is 2.21. The van der Waals surface area contributed by atoms with E-state index in [4.69, 9.17) is 4.74 Å². The summed E-state index contributed by atoms with van der Waals surface area (Å²) >= 11 is 0. The Morgan fingerprint density at radius 2 is 1.68 bits per heavy atom. The van der Waals surface area contributed by atoms with Gasteiger partial charge in [-0.2, -0.15) is 5.10 Å². The van der Waals surface area contributed by atoms with Crippen LogP contribution in [0.3, 0.4) is 0 Å². The Labute approximate surface area is 178 Å². The number of esters is 1. The van der Waals surface area contributed by atoms with Crippen LogP contribution in [0.5, 0.6) is 0 Å². The van der Waals surface area contributed by atoms with Gasteiger partial charge in [0.25, 0.3) is 5.91 Å². The summed E-state index contributed by atoms with van der Waals surface area (Å²) in [4.78, 5) is 34.9. The van der Waals surface area contributed by atoms with Crippen LogP contribution in [-0.4, -0.2) is 33.2 Å². The van der Waals surface area contributed by atoms with Gasteiger partial charge in [0.1, 0.15) is 11.4 Å². The Hall–Kier alpha value is -4.01. The quantitative estimate of drug-likeness (QED) is 0.351. The highest BCUT2D eigenvalue weighted by Crippen LogP contribution is 2.22. The number of hydrogen-bond acceptors (Lipinski definition) is 6. The van der Waals surface area contributed by atoms with E-state index in [2.05, 4.69) is 10.4 Å². The molecule has 0 bridgehead atoms. The van der Waals surface area contributed by atoms with Crippen LogP contribution in [0.1, 0.15) is 44.6 Å². The van der Waals surface area contributed by atoms with E-state index in [-0.39, 0.29) is 11.6 Å². The second-order valence-electron chi connectivity index (χ2n) is 6.88. The first-order valence-corrected chi connectivity index (χ1v) is 9.66. The highest BCUT2D eigenvalue weighted by atomic mass is 16.6. The summed E-state index contributed by atoms with van der Waals surface area (Å²) in [5.41, 5.74) is 3.15. The van der Waals surface area contributed by atoms with Crippen LogP contribution < -0.4 is 5.32 Å². The predicted octanol–water partition coefficient (Wildman–Crippen LogP) is 3.89. The number of anilines is 1. The van der Waals surface area contributed by atoms with E-state index in [1.54, 1.807) is 74.0 Å². The first-order chi connectivity index (χ1) is 14.8. The van der Waals surface area contributed by atoms with Crippen molar-refractivity contribution in [3.05, 3.63) is 86.7 Å². The SMILES string of the molecule is CCOC(=O)c1ccc(NC(=O)c2ccc(Cn3nc(C)c([N+](=O)[O-])c3C)cc2)cc1. The number of amides is 1. The molecule has 0 spiro atoms. The van der Waals surface area contributed by atoms with Crippen molar-refractivity contribution in [1.29, 1.82) is 0 Å². The van der Waals surface area contributed by atoms with Gasteiger partial charge in [0.15, 0.2) is 0 Å². The third-order valence-corrected chi connectivity index (χ3v) is 4.73. The molecule has 2 aromatic carbocycles. The smallest absolute Gasteiger partial charge is 0.338 e. The van der Waals surface area contributed by atoms with Crippen LogP contribution in [-0.2, 0) is 11.3 Å². The van der Waals surface area contributed by atoms with E-state index in [0.717, 1.165) is 5.56 Å². The zero-order chi connectivity index (χ0) is 22.5. The van der Waals surface area contributed by atoms with Gasteiger partial charge < -0.3 is 10.1 Å². The Morgan fingerprint density at radius 1 is 1.06 bits per heavy atom. The number of aromatic nitrogens is 2. The van der Waals surface area contributed by atoms with Crippen LogP contribution in [0.15, 0.2) is 48.5 Å². The molecule has 0 saturated heterocycles. The number of nitrogens with one attached hydrogen (secondary N) is 1. The minimum atomic E-state index is -0.430. The average Bonchev–Trinajstić information content (AvgIpc) is 3.02. The molecule has 31 heavy (non-hydrogen) atoms. The van der Waals surface area contributed by atoms with Gasteiger partial charge in [0.2, 0.25) is 0 Å². The van der Waals surface area contributed by atoms with E-state index in [9.17, 15) is 19.7 Å². The van der Waals surface area contributed by atoms with Crippen molar-refractivity contribution in [2.45, 2.75) is 27.3 Å². The van der Waals surface area contributed by atoms with Gasteiger partial charge in [-0.15, -0.1) is 0 Å². The van der Waals surface area contributed by atoms with Gasteiger partial charge in [-0.05, 0) is 62.7 Å². The van der Waals surface area contributed by atoms with E-state index in [1.165, 1.54) is 0 Å². The molecule has 1 amide bonds. The summed E-state index contributed by atoms with van der Waals surface area (Å²) in [5, 5.41) is 18.2. The van der Waals surface area contributed by atoms with Gasteiger partial charge in [0, 0.05) is 11.3 Å². The van der Waals surface area contributed by atoms with Crippen molar-refractivity contribution in [2.75, 3.05) is 11.9 Å². The molecule has 0 unspecified atom stereocenters. The Bertz CT molecular complexity index is 1120. The van der Waals surface area contributed by atoms with Gasteiger partial charge in [-0.1, -0.05) is 12.1 Å². The number of carbonyl (C=O) groups excluding carboxylic acids is 2. The van der Waals surface area contributed by atoms with Gasteiger partial charge in [-0.25, -0.2) is 4.79 Å². The van der Waals surface area contributed by atoms with Crippen molar-refractivity contribution in [2.24, 2.45) is 0 Å². The van der Waals surface area contributed by atoms with Crippen molar-refractivity contribution < 1.29 is 19.2 Å². The van der Waals surface area contributed by atoms with E-state index < -0.39 is 10.9 Å². The standard InChI is InChI=1S/C22H22N4O5/c1-4-31-22(28)18-9-11-19(12-10-18)23-21(27)17-7-5-16(6-8-17)13-25-15(3)20(26(29)30)14(2)24-25/h5-12H,4,13H2,1-3H3,(H,23,27). The summed E-state index contributed by atoms with van der Waals surface area (Å²) < 4.78 is 6.51. The molecule has 0 aliphatic carbocycles. The zero-order valence-electron chi connectivity index (χ0n) is 17.4. The lowest BCUT2D eigenvalue weighted by Gasteiger charge is -2.08. The topological polar surface area (TPSA) is 116 Å². The summed E-state index contributed by atoms with van der Waals surface area (Å²) in [5.74, 6) is -0.707. The van der Waals surface area contributed by atoms with E-state index in [0.29, 0.717) is 41.4 Å². The van der Waals surface area contributed by atoms with Crippen LogP contribution in [0.4, 0.5) is 11.4 Å². The second kappa shape index (κ2) is 9.21. The molecular formula is C22H22N4O5. The molecule has 0 aliphatic heterocycles. The fourth-order valence-corrected chi connectivity index (χ4v) is 3.15. The molecule has 1 heterocycles. The molecule has 3 aromatic rings. The number of rotatable bonds is 7. The molecule has 0 fully saturated rings. The number of ether oxygens (including phenoxy) is 1. The number of nitro groups is 1. The Morgan fingerprint density at radius 3 is 2.23 bits per heavy atom. The highest BCUT2D eigenvalue weighted by molar-refractivity contribution is 6.04. The normalized spacial score (nSPS) is 10.5. The molecule has 0 aliphatic rings. The Balaban J connectivity index is 1.66. The number of carbonyl (C=O) groups is 2. The van der Waals surface area contributed by atoms with E-state index >= 15 is 0 Å². The maximum atomic E-state index is 12.5. The van der Waals surface area contributed by atoms with Crippen LogP contribution in [0.2, 0.25) is 0 Å². The first-order valence-electron chi connectivity index (χ1n) is 9.66. The minimum absolute atomic E-state index is 0.0185. The number of nitrogens with zero attached hydrogens (tertiary/aromatic N) is 3. The molecule has 0 radical (unpaired) electrons. The van der Waals surface area contributed by atoms with E-state index in [1.807, 2.05) is 0 Å². The lowest BCUT2D eigenvalue weighted by Crippen LogP contribution is -2.12. The van der Waals surface area contributed by atoms with Gasteiger partial charge in [0.05, 0.1) is 23.6 Å². The predicted molar refractivity (Wildman–Crippen MR) is 114 cm³/mol. The second-order valence-corrected chi connectivity index (χ2v) is 6.88. The molecule has 1 N–H and O–H groups in total. The molecule has 1 aromatic heterocycles. The molecule has 9 nitrogen and oxygen atoms in total. The van der Waals surface area contributed by atoms with Crippen molar-refractivity contribution >= 4 is 23.3 Å². The minimum Gasteiger partial charge on any atom is -0.462 e. The molecule has 160 valence electrons. The third kappa shape index (κ3) is 4.95. The molecule has 0 atom stereocenters. The third-order valence-electron chi connectivity index (χ3n) is 4.73. The summed E-state index contributed by atoms with van der Waals surface area (Å²) in [6, 6.07) is 13.4. The molecular weight excluding hydrogens is 400 g/mol. The van der Waals surface area contributed by atoms with Gasteiger partial charge >= 0.3 is 11.7 Å². The largest absolute Gasteiger partial charge is 0.462 e. The summed E-state index contributed by atoms with van der Waals surface area (Å²) in [7, 11) is 0. The van der Waals surface area contributed by atoms with Crippen molar-refractivity contribution in [3.8, 4) is 0 Å². The monoisotopic (exact) mass is 422 g/mol. The lowest BCUT2D eigenvalue weighted by atomic mass is 10.1. The molecule has 0 saturated carbocycles. The van der Waals surface area contributed by atoms with Crippen LogP contribution >= 0.6 is 0 Å². The Kier molecular flexibility index (Phi) is 6.44. The van der Waals surface area contributed by atoms with Crippen molar-refractivity contribution in [1.82, 2.24) is 9.78 Å². The van der Waals surface area contributed by atoms with Crippen LogP contribution in [0.25, 0.3) is 0 Å². The lowest BCUT2D eigenvalue weighted by molar-refractivity contribution is -0.386. The fraction of sp³-hybridized carbons (Fsp3) is 0.227. The van der Waals surface area contributed by atoms with Crippen LogP contribution in [0, 0.1) is 24.0 Å². The zero-order valence-corrected chi connectivity index (χ0v) is 17.4. The molecule has 3 rings (SSSR count). The number of benzene rings is 2. The maximum Gasteiger partial charge on any atom is 0.338 e. The maximum absolute atomic E-state index is 12.5. The fourth-order valence-electron chi connectivity index (χ4n) is 3.15. The van der Waals surface area contributed by atoms with Gasteiger partial charge in [-0.3, -0.25) is 19.6 Å². The first kappa shape index (κ1) is 21.7. The van der Waals surface area contributed by atoms with Crippen molar-refractivity contribution in [3.63, 3.8) is 0 Å². The summed E-state index contributed by atoms with van der Waals surface area (Å²) in [6.07, 6.45) is 0. The number of aryl methyl sites for hydroxylation is 1. The summed E-state index contributed by atoms with van der Waals surface area (Å²) in [6.45, 7) is 5.65. The number of hydrogen-bond donors (Lipinski definition) is 1.